The molecule has 0 spiro atoms. The average molecular weight is 349 g/mol. The molecule has 0 amide bonds. The fourth-order valence-electron chi connectivity index (χ4n) is 2.53. The van der Waals surface area contributed by atoms with Crippen LogP contribution in [0.25, 0.3) is 0 Å². The first-order chi connectivity index (χ1) is 9.91. The van der Waals surface area contributed by atoms with Crippen molar-refractivity contribution < 1.29 is 4.39 Å². The molecule has 0 saturated heterocycles. The fraction of sp³-hybridized carbons (Fsp3) is 0.368. The van der Waals surface area contributed by atoms with Gasteiger partial charge in [-0.1, -0.05) is 80.0 Å². The van der Waals surface area contributed by atoms with Gasteiger partial charge in [-0.2, -0.15) is 0 Å². The molecule has 0 radical (unpaired) electrons. The zero-order chi connectivity index (χ0) is 15.6. The topological polar surface area (TPSA) is 0 Å². The summed E-state index contributed by atoms with van der Waals surface area (Å²) in [7, 11) is 0. The van der Waals surface area contributed by atoms with Crippen LogP contribution in [0.2, 0.25) is 0 Å². The molecule has 0 nitrogen and oxygen atoms in total. The van der Waals surface area contributed by atoms with E-state index in [2.05, 4.69) is 61.8 Å². The van der Waals surface area contributed by atoms with E-state index in [1.165, 1.54) is 17.2 Å². The number of hydrogen-bond acceptors (Lipinski definition) is 0. The van der Waals surface area contributed by atoms with E-state index in [1.807, 2.05) is 12.1 Å². The van der Waals surface area contributed by atoms with Crippen LogP contribution >= 0.6 is 15.9 Å². The van der Waals surface area contributed by atoms with Gasteiger partial charge in [0.25, 0.3) is 0 Å². The van der Waals surface area contributed by atoms with Gasteiger partial charge in [0.05, 0.1) is 4.83 Å². The standard InChI is InChI=1S/C19H22BrF/c1-12(2)14-9-10-15(17(11-14)13(3)4)19(20)16-7-5-6-8-18(16)21/h5-13,19H,1-4H3. The highest BCUT2D eigenvalue weighted by Crippen LogP contribution is 2.37. The first-order valence-corrected chi connectivity index (χ1v) is 8.35. The maximum absolute atomic E-state index is 14.0. The maximum Gasteiger partial charge on any atom is 0.127 e. The Labute approximate surface area is 135 Å². The maximum atomic E-state index is 14.0. The molecule has 2 aromatic rings. The van der Waals surface area contributed by atoms with Crippen molar-refractivity contribution in [2.24, 2.45) is 0 Å². The van der Waals surface area contributed by atoms with Crippen LogP contribution in [0.15, 0.2) is 42.5 Å². The molecule has 112 valence electrons. The number of benzene rings is 2. The Hall–Kier alpha value is -1.15. The summed E-state index contributed by atoms with van der Waals surface area (Å²) in [4.78, 5) is -0.114. The molecular formula is C19H22BrF. The van der Waals surface area contributed by atoms with E-state index in [4.69, 9.17) is 0 Å². The van der Waals surface area contributed by atoms with Crippen LogP contribution in [-0.2, 0) is 0 Å². The molecule has 1 atom stereocenters. The van der Waals surface area contributed by atoms with Crippen LogP contribution in [0.4, 0.5) is 4.39 Å². The van der Waals surface area contributed by atoms with Crippen molar-refractivity contribution in [3.05, 3.63) is 70.5 Å². The summed E-state index contributed by atoms with van der Waals surface area (Å²) in [6.07, 6.45) is 0. The zero-order valence-corrected chi connectivity index (χ0v) is 14.6. The zero-order valence-electron chi connectivity index (χ0n) is 13.0. The third-order valence-corrected chi connectivity index (χ3v) is 4.84. The molecule has 0 N–H and O–H groups in total. The van der Waals surface area contributed by atoms with Gasteiger partial charge in [0.15, 0.2) is 0 Å². The van der Waals surface area contributed by atoms with Crippen LogP contribution in [0, 0.1) is 5.82 Å². The second kappa shape index (κ2) is 6.74. The van der Waals surface area contributed by atoms with Crippen molar-refractivity contribution >= 4 is 15.9 Å². The Kier molecular flexibility index (Phi) is 5.21. The molecule has 21 heavy (non-hydrogen) atoms. The highest BCUT2D eigenvalue weighted by atomic mass is 79.9. The van der Waals surface area contributed by atoms with Gasteiger partial charge in [-0.15, -0.1) is 0 Å². The SMILES string of the molecule is CC(C)c1ccc(C(Br)c2ccccc2F)c(C(C)C)c1. The molecule has 0 fully saturated rings. The Morgan fingerprint density at radius 2 is 1.48 bits per heavy atom. The van der Waals surface area contributed by atoms with Crippen molar-refractivity contribution in [1.29, 1.82) is 0 Å². The minimum atomic E-state index is -0.165. The van der Waals surface area contributed by atoms with Crippen molar-refractivity contribution in [2.45, 2.75) is 44.4 Å². The fourth-order valence-corrected chi connectivity index (χ4v) is 3.32. The highest BCUT2D eigenvalue weighted by Gasteiger charge is 2.19. The second-order valence-corrected chi connectivity index (χ2v) is 7.00. The predicted octanol–water partition coefficient (Wildman–Crippen LogP) is 6.56. The Bertz CT molecular complexity index is 617. The Morgan fingerprint density at radius 1 is 0.810 bits per heavy atom. The lowest BCUT2D eigenvalue weighted by atomic mass is 9.89. The van der Waals surface area contributed by atoms with Crippen LogP contribution in [0.3, 0.4) is 0 Å². The lowest BCUT2D eigenvalue weighted by Gasteiger charge is -2.20. The molecule has 0 heterocycles. The molecular weight excluding hydrogens is 327 g/mol. The van der Waals surface area contributed by atoms with E-state index in [-0.39, 0.29) is 10.6 Å². The summed E-state index contributed by atoms with van der Waals surface area (Å²) in [5.74, 6) is 0.742. The lowest BCUT2D eigenvalue weighted by molar-refractivity contribution is 0.613. The molecule has 2 rings (SSSR count). The summed E-state index contributed by atoms with van der Waals surface area (Å²) >= 11 is 3.69. The van der Waals surface area contributed by atoms with Gasteiger partial charge in [0, 0.05) is 5.56 Å². The van der Waals surface area contributed by atoms with Gasteiger partial charge in [-0.25, -0.2) is 4.39 Å². The minimum absolute atomic E-state index is 0.114. The second-order valence-electron chi connectivity index (χ2n) is 6.08. The molecule has 0 aliphatic carbocycles. The third kappa shape index (κ3) is 3.55. The average Bonchev–Trinajstić information content (AvgIpc) is 2.46. The number of hydrogen-bond donors (Lipinski definition) is 0. The van der Waals surface area contributed by atoms with Gasteiger partial charge in [-0.05, 0) is 34.6 Å². The Balaban J connectivity index is 2.50. The van der Waals surface area contributed by atoms with Crippen LogP contribution < -0.4 is 0 Å². The van der Waals surface area contributed by atoms with Crippen molar-refractivity contribution in [1.82, 2.24) is 0 Å². The van der Waals surface area contributed by atoms with Gasteiger partial charge in [-0.3, -0.25) is 0 Å². The summed E-state index contributed by atoms with van der Waals surface area (Å²) < 4.78 is 14.0. The van der Waals surface area contributed by atoms with E-state index >= 15 is 0 Å². The normalized spacial score (nSPS) is 13.0. The Morgan fingerprint density at radius 3 is 2.05 bits per heavy atom. The van der Waals surface area contributed by atoms with E-state index in [9.17, 15) is 4.39 Å². The number of alkyl halides is 1. The largest absolute Gasteiger partial charge is 0.207 e. The van der Waals surface area contributed by atoms with Gasteiger partial charge < -0.3 is 0 Å². The van der Waals surface area contributed by atoms with Crippen LogP contribution in [0.1, 0.15) is 66.6 Å². The van der Waals surface area contributed by atoms with E-state index in [0.29, 0.717) is 17.4 Å². The van der Waals surface area contributed by atoms with Crippen molar-refractivity contribution in [2.75, 3.05) is 0 Å². The summed E-state index contributed by atoms with van der Waals surface area (Å²) in [6.45, 7) is 8.76. The van der Waals surface area contributed by atoms with E-state index in [1.54, 1.807) is 6.07 Å². The van der Waals surface area contributed by atoms with Gasteiger partial charge >= 0.3 is 0 Å². The van der Waals surface area contributed by atoms with E-state index < -0.39 is 0 Å². The predicted molar refractivity (Wildman–Crippen MR) is 91.8 cm³/mol. The summed E-state index contributed by atoms with van der Waals surface area (Å²) in [6, 6.07) is 13.5. The lowest BCUT2D eigenvalue weighted by Crippen LogP contribution is -2.04. The minimum Gasteiger partial charge on any atom is -0.207 e. The smallest absolute Gasteiger partial charge is 0.127 e. The molecule has 0 aromatic heterocycles. The van der Waals surface area contributed by atoms with Crippen molar-refractivity contribution in [3.8, 4) is 0 Å². The molecule has 2 heteroatoms. The highest BCUT2D eigenvalue weighted by molar-refractivity contribution is 9.09. The third-order valence-electron chi connectivity index (χ3n) is 3.85. The number of rotatable bonds is 4. The molecule has 1 unspecified atom stereocenters. The summed E-state index contributed by atoms with van der Waals surface area (Å²) in [5, 5.41) is 0. The first kappa shape index (κ1) is 16.2. The number of halogens is 2. The molecule has 0 bridgehead atoms. The quantitative estimate of drug-likeness (QED) is 0.549. The van der Waals surface area contributed by atoms with Crippen molar-refractivity contribution in [3.63, 3.8) is 0 Å². The molecule has 0 aliphatic rings. The van der Waals surface area contributed by atoms with Gasteiger partial charge in [0.1, 0.15) is 5.82 Å². The monoisotopic (exact) mass is 348 g/mol. The van der Waals surface area contributed by atoms with Gasteiger partial charge in [0.2, 0.25) is 0 Å². The van der Waals surface area contributed by atoms with Crippen LogP contribution in [0.5, 0.6) is 0 Å². The molecule has 2 aromatic carbocycles. The molecule has 0 saturated carbocycles. The van der Waals surface area contributed by atoms with E-state index in [0.717, 1.165) is 5.56 Å². The van der Waals surface area contributed by atoms with Crippen LogP contribution in [-0.4, -0.2) is 0 Å². The first-order valence-electron chi connectivity index (χ1n) is 7.44. The molecule has 0 aliphatic heterocycles. The summed E-state index contributed by atoms with van der Waals surface area (Å²) in [5.41, 5.74) is 4.46.